The zero-order valence-corrected chi connectivity index (χ0v) is 15.2. The van der Waals surface area contributed by atoms with Crippen LogP contribution in [-0.4, -0.2) is 41.8 Å². The van der Waals surface area contributed by atoms with E-state index in [9.17, 15) is 13.2 Å². The van der Waals surface area contributed by atoms with Gasteiger partial charge in [-0.1, -0.05) is 26.7 Å². The lowest BCUT2D eigenvalue weighted by molar-refractivity contribution is -0.131. The molecular weight excluding hydrogens is 312 g/mol. The predicted molar refractivity (Wildman–Crippen MR) is 91.8 cm³/mol. The molecule has 5 nitrogen and oxygen atoms in total. The lowest BCUT2D eigenvalue weighted by Crippen LogP contribution is -2.40. The first-order chi connectivity index (χ1) is 10.8. The Morgan fingerprint density at radius 3 is 2.65 bits per heavy atom. The lowest BCUT2D eigenvalue weighted by atomic mass is 10.1. The maximum Gasteiger partial charge on any atom is 0.238 e. The molecule has 1 aromatic rings. The molecule has 0 aliphatic carbocycles. The van der Waals surface area contributed by atoms with E-state index in [1.165, 1.54) is 0 Å². The molecule has 0 saturated carbocycles. The highest BCUT2D eigenvalue weighted by atomic mass is 32.2. The summed E-state index contributed by atoms with van der Waals surface area (Å²) in [5.74, 6) is -0.507. The van der Waals surface area contributed by atoms with Crippen molar-refractivity contribution in [2.45, 2.75) is 45.6 Å². The van der Waals surface area contributed by atoms with Crippen molar-refractivity contribution in [2.24, 2.45) is 13.0 Å². The average Bonchev–Trinajstić information content (AvgIpc) is 2.71. The Labute approximate surface area is 139 Å². The summed E-state index contributed by atoms with van der Waals surface area (Å²) in [6.45, 7) is 4.37. The molecule has 1 aliphatic rings. The van der Waals surface area contributed by atoms with Crippen LogP contribution in [0.2, 0.25) is 0 Å². The number of amides is 1. The normalized spacial score (nSPS) is 19.8. The molecule has 1 fully saturated rings. The molecule has 0 N–H and O–H groups in total. The van der Waals surface area contributed by atoms with Crippen LogP contribution < -0.4 is 0 Å². The van der Waals surface area contributed by atoms with Crippen molar-refractivity contribution in [3.8, 4) is 0 Å². The summed E-state index contributed by atoms with van der Waals surface area (Å²) in [6, 6.07) is 3.98. The molecule has 0 radical (unpaired) electrons. The van der Waals surface area contributed by atoms with Gasteiger partial charge in [-0.05, 0) is 30.9 Å². The zero-order chi connectivity index (χ0) is 17.0. The number of aromatic nitrogens is 1. The largest absolute Gasteiger partial charge is 0.353 e. The van der Waals surface area contributed by atoms with Crippen molar-refractivity contribution in [1.29, 1.82) is 0 Å². The third-order valence-corrected chi connectivity index (χ3v) is 6.19. The molecule has 0 bridgehead atoms. The van der Waals surface area contributed by atoms with Crippen LogP contribution >= 0.6 is 0 Å². The summed E-state index contributed by atoms with van der Waals surface area (Å²) in [6.07, 6.45) is 5.96. The van der Waals surface area contributed by atoms with E-state index >= 15 is 0 Å². The Balaban J connectivity index is 2.19. The molecule has 0 aromatic carbocycles. The third kappa shape index (κ3) is 4.83. The number of rotatable bonds is 5. The second kappa shape index (κ2) is 7.51. The number of carbonyl (C=O) groups is 1. The van der Waals surface area contributed by atoms with Crippen LogP contribution in [0.1, 0.15) is 51.3 Å². The Morgan fingerprint density at radius 2 is 2.04 bits per heavy atom. The van der Waals surface area contributed by atoms with Crippen LogP contribution in [0.25, 0.3) is 0 Å². The SMILES string of the molecule is CC(C)CS(=O)(=O)CC(=O)N1CCCCC[C@H]1c1cccn1C. The molecule has 0 unspecified atom stereocenters. The number of aryl methyl sites for hydroxylation is 1. The topological polar surface area (TPSA) is 59.4 Å². The number of hydrogen-bond acceptors (Lipinski definition) is 3. The van der Waals surface area contributed by atoms with Gasteiger partial charge in [0.25, 0.3) is 0 Å². The highest BCUT2D eigenvalue weighted by Gasteiger charge is 2.30. The Hall–Kier alpha value is -1.30. The molecule has 2 rings (SSSR count). The number of nitrogens with zero attached hydrogens (tertiary/aromatic N) is 2. The number of hydrogen-bond donors (Lipinski definition) is 0. The van der Waals surface area contributed by atoms with Crippen LogP contribution in [-0.2, 0) is 21.7 Å². The van der Waals surface area contributed by atoms with E-state index in [1.54, 1.807) is 4.90 Å². The van der Waals surface area contributed by atoms with Crippen LogP contribution in [0.3, 0.4) is 0 Å². The first-order valence-electron chi connectivity index (χ1n) is 8.41. The van der Waals surface area contributed by atoms with Gasteiger partial charge in [-0.25, -0.2) is 8.42 Å². The van der Waals surface area contributed by atoms with Gasteiger partial charge in [-0.2, -0.15) is 0 Å². The molecule has 1 aliphatic heterocycles. The Morgan fingerprint density at radius 1 is 1.30 bits per heavy atom. The van der Waals surface area contributed by atoms with Crippen LogP contribution in [0.5, 0.6) is 0 Å². The minimum atomic E-state index is -3.34. The predicted octanol–water partition coefficient (Wildman–Crippen LogP) is 2.54. The fourth-order valence-electron chi connectivity index (χ4n) is 3.37. The van der Waals surface area contributed by atoms with Crippen molar-refractivity contribution in [2.75, 3.05) is 18.1 Å². The highest BCUT2D eigenvalue weighted by molar-refractivity contribution is 7.92. The zero-order valence-electron chi connectivity index (χ0n) is 14.4. The second-order valence-electron chi connectivity index (χ2n) is 6.94. The van der Waals surface area contributed by atoms with Gasteiger partial charge in [-0.3, -0.25) is 4.79 Å². The number of carbonyl (C=O) groups excluding carboxylic acids is 1. The van der Waals surface area contributed by atoms with E-state index in [-0.39, 0.29) is 29.4 Å². The molecule has 1 saturated heterocycles. The maximum absolute atomic E-state index is 12.7. The summed E-state index contributed by atoms with van der Waals surface area (Å²) in [7, 11) is -1.37. The van der Waals surface area contributed by atoms with E-state index in [4.69, 9.17) is 0 Å². The van der Waals surface area contributed by atoms with Gasteiger partial charge < -0.3 is 9.47 Å². The Bertz CT molecular complexity index is 634. The van der Waals surface area contributed by atoms with E-state index in [0.717, 1.165) is 31.4 Å². The molecule has 130 valence electrons. The second-order valence-corrected chi connectivity index (χ2v) is 9.05. The quantitative estimate of drug-likeness (QED) is 0.827. The van der Waals surface area contributed by atoms with E-state index in [1.807, 2.05) is 43.8 Å². The summed E-state index contributed by atoms with van der Waals surface area (Å²) < 4.78 is 26.4. The Kier molecular flexibility index (Phi) is 5.89. The molecule has 6 heteroatoms. The fraction of sp³-hybridized carbons (Fsp3) is 0.706. The first-order valence-corrected chi connectivity index (χ1v) is 10.2. The van der Waals surface area contributed by atoms with Gasteiger partial charge in [-0.15, -0.1) is 0 Å². The van der Waals surface area contributed by atoms with Gasteiger partial charge in [0.15, 0.2) is 9.84 Å². The highest BCUT2D eigenvalue weighted by Crippen LogP contribution is 2.30. The average molecular weight is 340 g/mol. The van der Waals surface area contributed by atoms with Gasteiger partial charge >= 0.3 is 0 Å². The van der Waals surface area contributed by atoms with Crippen molar-refractivity contribution in [1.82, 2.24) is 9.47 Å². The number of sulfone groups is 1. The van der Waals surface area contributed by atoms with Gasteiger partial charge in [0.2, 0.25) is 5.91 Å². The van der Waals surface area contributed by atoms with Crippen molar-refractivity contribution >= 4 is 15.7 Å². The third-order valence-electron chi connectivity index (χ3n) is 4.33. The van der Waals surface area contributed by atoms with Crippen molar-refractivity contribution in [3.63, 3.8) is 0 Å². The molecule has 2 heterocycles. The van der Waals surface area contributed by atoms with Crippen molar-refractivity contribution < 1.29 is 13.2 Å². The maximum atomic E-state index is 12.7. The summed E-state index contributed by atoms with van der Waals surface area (Å²) in [5, 5.41) is 0. The molecule has 1 aromatic heterocycles. The molecule has 1 atom stereocenters. The monoisotopic (exact) mass is 340 g/mol. The van der Waals surface area contributed by atoms with Gasteiger partial charge in [0.05, 0.1) is 11.8 Å². The summed E-state index contributed by atoms with van der Waals surface area (Å²) in [4.78, 5) is 14.5. The number of likely N-dealkylation sites (tertiary alicyclic amines) is 1. The smallest absolute Gasteiger partial charge is 0.238 e. The molecule has 23 heavy (non-hydrogen) atoms. The van der Waals surface area contributed by atoms with E-state index in [0.29, 0.717) is 6.54 Å². The van der Waals surface area contributed by atoms with Gasteiger partial charge in [0, 0.05) is 25.5 Å². The minimum Gasteiger partial charge on any atom is -0.353 e. The standard InChI is InChI=1S/C17H28N2O3S/c1-14(2)12-23(21,22)13-17(20)19-11-6-4-5-8-16(19)15-9-7-10-18(15)3/h7,9-10,14,16H,4-6,8,11-13H2,1-3H3/t16-/m0/s1. The molecule has 0 spiro atoms. The van der Waals surface area contributed by atoms with E-state index < -0.39 is 9.84 Å². The van der Waals surface area contributed by atoms with Crippen LogP contribution in [0, 0.1) is 5.92 Å². The lowest BCUT2D eigenvalue weighted by Gasteiger charge is -2.30. The summed E-state index contributed by atoms with van der Waals surface area (Å²) >= 11 is 0. The fourth-order valence-corrected chi connectivity index (χ4v) is 5.05. The molecular formula is C17H28N2O3S. The van der Waals surface area contributed by atoms with Gasteiger partial charge in [0.1, 0.15) is 5.75 Å². The minimum absolute atomic E-state index is 0.0146. The van der Waals surface area contributed by atoms with Crippen LogP contribution in [0.4, 0.5) is 0 Å². The van der Waals surface area contributed by atoms with Crippen LogP contribution in [0.15, 0.2) is 18.3 Å². The first kappa shape index (κ1) is 18.0. The summed E-state index contributed by atoms with van der Waals surface area (Å²) in [5.41, 5.74) is 1.08. The van der Waals surface area contributed by atoms with E-state index in [2.05, 4.69) is 0 Å². The van der Waals surface area contributed by atoms with Crippen molar-refractivity contribution in [3.05, 3.63) is 24.0 Å². The molecule has 1 amide bonds.